The van der Waals surface area contributed by atoms with Gasteiger partial charge in [0.05, 0.1) is 18.2 Å². The third-order valence-electron chi connectivity index (χ3n) is 2.71. The van der Waals surface area contributed by atoms with E-state index in [0.29, 0.717) is 18.1 Å². The van der Waals surface area contributed by atoms with Crippen molar-refractivity contribution in [2.24, 2.45) is 0 Å². The molecule has 2 heterocycles. The third-order valence-corrected chi connectivity index (χ3v) is 3.43. The van der Waals surface area contributed by atoms with Crippen molar-refractivity contribution in [1.82, 2.24) is 10.3 Å². The van der Waals surface area contributed by atoms with E-state index in [1.165, 1.54) is 17.8 Å². The molecule has 94 valence electrons. The molecule has 1 aliphatic heterocycles. The maximum Gasteiger partial charge on any atom is 0.226 e. The van der Waals surface area contributed by atoms with E-state index < -0.39 is 0 Å². The Morgan fingerprint density at radius 1 is 1.65 bits per heavy atom. The Balaban J connectivity index is 1.70. The molecule has 17 heavy (non-hydrogen) atoms. The number of carbonyl (C=O) groups excluding carboxylic acids is 1. The first-order chi connectivity index (χ1) is 8.24. The molecule has 0 saturated carbocycles. The highest BCUT2D eigenvalue weighted by molar-refractivity contribution is 7.13. The van der Waals surface area contributed by atoms with Crippen molar-refractivity contribution in [1.29, 1.82) is 0 Å². The summed E-state index contributed by atoms with van der Waals surface area (Å²) >= 11 is 1.35. The number of amides is 1. The Morgan fingerprint density at radius 3 is 3.18 bits per heavy atom. The lowest BCUT2D eigenvalue weighted by Gasteiger charge is -2.22. The standard InChI is InChI=1S/C11H17N3O2S/c12-11-14-8(7-17-11)5-10(15)13-6-9-3-1-2-4-16-9/h7,9H,1-6H2,(H2,12,14)(H,13,15). The number of anilines is 1. The molecule has 1 amide bonds. The van der Waals surface area contributed by atoms with Gasteiger partial charge in [0.1, 0.15) is 0 Å². The van der Waals surface area contributed by atoms with Gasteiger partial charge in [-0.2, -0.15) is 0 Å². The quantitative estimate of drug-likeness (QED) is 0.840. The van der Waals surface area contributed by atoms with E-state index in [2.05, 4.69) is 10.3 Å². The maximum atomic E-state index is 11.6. The number of hydrogen-bond donors (Lipinski definition) is 2. The molecule has 1 atom stereocenters. The minimum Gasteiger partial charge on any atom is -0.376 e. The van der Waals surface area contributed by atoms with Crippen LogP contribution in [0.1, 0.15) is 25.0 Å². The highest BCUT2D eigenvalue weighted by atomic mass is 32.1. The van der Waals surface area contributed by atoms with Crippen LogP contribution in [-0.4, -0.2) is 30.1 Å². The van der Waals surface area contributed by atoms with Gasteiger partial charge in [-0.3, -0.25) is 4.79 Å². The predicted octanol–water partition coefficient (Wildman–Crippen LogP) is 0.953. The van der Waals surface area contributed by atoms with E-state index in [-0.39, 0.29) is 12.0 Å². The second-order valence-electron chi connectivity index (χ2n) is 4.15. The number of nitrogen functional groups attached to an aromatic ring is 1. The van der Waals surface area contributed by atoms with Crippen molar-refractivity contribution in [3.05, 3.63) is 11.1 Å². The summed E-state index contributed by atoms with van der Waals surface area (Å²) in [6, 6.07) is 0. The van der Waals surface area contributed by atoms with Crippen LogP contribution in [0.3, 0.4) is 0 Å². The normalized spacial score (nSPS) is 20.1. The first kappa shape index (κ1) is 12.3. The van der Waals surface area contributed by atoms with E-state index in [4.69, 9.17) is 10.5 Å². The summed E-state index contributed by atoms with van der Waals surface area (Å²) in [7, 11) is 0. The molecular weight excluding hydrogens is 238 g/mol. The summed E-state index contributed by atoms with van der Waals surface area (Å²) in [5, 5.41) is 5.18. The van der Waals surface area contributed by atoms with Crippen molar-refractivity contribution in [3.63, 3.8) is 0 Å². The summed E-state index contributed by atoms with van der Waals surface area (Å²) in [6.07, 6.45) is 3.81. The van der Waals surface area contributed by atoms with E-state index in [1.54, 1.807) is 0 Å². The molecule has 3 N–H and O–H groups in total. The van der Waals surface area contributed by atoms with Gasteiger partial charge in [-0.05, 0) is 19.3 Å². The number of nitrogens with zero attached hydrogens (tertiary/aromatic N) is 1. The number of carbonyl (C=O) groups is 1. The number of ether oxygens (including phenoxy) is 1. The lowest BCUT2D eigenvalue weighted by molar-refractivity contribution is -0.121. The average molecular weight is 255 g/mol. The SMILES string of the molecule is Nc1nc(CC(=O)NCC2CCCCO2)cs1. The summed E-state index contributed by atoms with van der Waals surface area (Å²) in [4.78, 5) is 15.7. The Morgan fingerprint density at radius 2 is 2.53 bits per heavy atom. The predicted molar refractivity (Wildman–Crippen MR) is 66.8 cm³/mol. The van der Waals surface area contributed by atoms with E-state index in [0.717, 1.165) is 25.1 Å². The molecule has 5 nitrogen and oxygen atoms in total. The fourth-order valence-electron chi connectivity index (χ4n) is 1.83. The topological polar surface area (TPSA) is 77.2 Å². The minimum absolute atomic E-state index is 0.0236. The second kappa shape index (κ2) is 5.97. The Labute approximate surface area is 104 Å². The summed E-state index contributed by atoms with van der Waals surface area (Å²) in [5.41, 5.74) is 6.23. The lowest BCUT2D eigenvalue weighted by atomic mass is 10.1. The van der Waals surface area contributed by atoms with E-state index >= 15 is 0 Å². The van der Waals surface area contributed by atoms with Gasteiger partial charge in [0.2, 0.25) is 5.91 Å². The molecule has 1 aromatic rings. The van der Waals surface area contributed by atoms with Crippen molar-refractivity contribution in [2.75, 3.05) is 18.9 Å². The molecule has 1 fully saturated rings. The van der Waals surface area contributed by atoms with Crippen molar-refractivity contribution >= 4 is 22.4 Å². The van der Waals surface area contributed by atoms with Gasteiger partial charge >= 0.3 is 0 Å². The van der Waals surface area contributed by atoms with Crippen LogP contribution in [0.25, 0.3) is 0 Å². The largest absolute Gasteiger partial charge is 0.376 e. The molecule has 1 aliphatic rings. The fourth-order valence-corrected chi connectivity index (χ4v) is 2.39. The summed E-state index contributed by atoms with van der Waals surface area (Å²) < 4.78 is 5.53. The van der Waals surface area contributed by atoms with Crippen LogP contribution in [0, 0.1) is 0 Å². The van der Waals surface area contributed by atoms with Crippen molar-refractivity contribution in [3.8, 4) is 0 Å². The van der Waals surface area contributed by atoms with Gasteiger partial charge in [0, 0.05) is 18.5 Å². The van der Waals surface area contributed by atoms with Crippen LogP contribution < -0.4 is 11.1 Å². The van der Waals surface area contributed by atoms with E-state index in [9.17, 15) is 4.79 Å². The molecule has 1 aromatic heterocycles. The van der Waals surface area contributed by atoms with Crippen LogP contribution in [0.15, 0.2) is 5.38 Å². The van der Waals surface area contributed by atoms with Crippen molar-refractivity contribution in [2.45, 2.75) is 31.8 Å². The van der Waals surface area contributed by atoms with Crippen LogP contribution in [0.5, 0.6) is 0 Å². The molecule has 0 aliphatic carbocycles. The number of aromatic nitrogens is 1. The molecule has 0 aromatic carbocycles. The molecule has 0 spiro atoms. The number of hydrogen-bond acceptors (Lipinski definition) is 5. The first-order valence-corrected chi connectivity index (χ1v) is 6.70. The molecule has 6 heteroatoms. The Kier molecular flexibility index (Phi) is 4.33. The van der Waals surface area contributed by atoms with Gasteiger partial charge in [-0.1, -0.05) is 0 Å². The third kappa shape index (κ3) is 3.98. The molecule has 1 saturated heterocycles. The second-order valence-corrected chi connectivity index (χ2v) is 5.04. The molecular formula is C11H17N3O2S. The highest BCUT2D eigenvalue weighted by Crippen LogP contribution is 2.12. The average Bonchev–Trinajstić information content (AvgIpc) is 2.73. The van der Waals surface area contributed by atoms with Crippen molar-refractivity contribution < 1.29 is 9.53 Å². The van der Waals surface area contributed by atoms with Gasteiger partial charge in [0.25, 0.3) is 0 Å². The zero-order chi connectivity index (χ0) is 12.1. The van der Waals surface area contributed by atoms with Crippen LogP contribution in [0.2, 0.25) is 0 Å². The fraction of sp³-hybridized carbons (Fsp3) is 0.636. The molecule has 0 radical (unpaired) electrons. The lowest BCUT2D eigenvalue weighted by Crippen LogP contribution is -2.36. The highest BCUT2D eigenvalue weighted by Gasteiger charge is 2.15. The monoisotopic (exact) mass is 255 g/mol. The van der Waals surface area contributed by atoms with Gasteiger partial charge in [-0.15, -0.1) is 11.3 Å². The van der Waals surface area contributed by atoms with Gasteiger partial charge in [0.15, 0.2) is 5.13 Å². The van der Waals surface area contributed by atoms with Crippen LogP contribution >= 0.6 is 11.3 Å². The Hall–Kier alpha value is -1.14. The number of nitrogens with two attached hydrogens (primary N) is 1. The molecule has 2 rings (SSSR count). The van der Waals surface area contributed by atoms with Gasteiger partial charge < -0.3 is 15.8 Å². The Bertz CT molecular complexity index is 375. The number of nitrogens with one attached hydrogen (secondary N) is 1. The zero-order valence-corrected chi connectivity index (χ0v) is 10.5. The van der Waals surface area contributed by atoms with Crippen LogP contribution in [0.4, 0.5) is 5.13 Å². The number of thiazole rings is 1. The smallest absolute Gasteiger partial charge is 0.226 e. The maximum absolute atomic E-state index is 11.6. The van der Waals surface area contributed by atoms with E-state index in [1.807, 2.05) is 5.38 Å². The number of rotatable bonds is 4. The molecule has 0 bridgehead atoms. The van der Waals surface area contributed by atoms with Crippen LogP contribution in [-0.2, 0) is 16.0 Å². The zero-order valence-electron chi connectivity index (χ0n) is 9.65. The molecule has 1 unspecified atom stereocenters. The summed E-state index contributed by atoms with van der Waals surface area (Å²) in [5.74, 6) is -0.0236. The minimum atomic E-state index is -0.0236. The summed E-state index contributed by atoms with van der Waals surface area (Å²) in [6.45, 7) is 1.40. The van der Waals surface area contributed by atoms with Gasteiger partial charge in [-0.25, -0.2) is 4.98 Å². The first-order valence-electron chi connectivity index (χ1n) is 5.82.